The van der Waals surface area contributed by atoms with Crippen molar-refractivity contribution in [1.29, 1.82) is 0 Å². The molecule has 4 heteroatoms. The Morgan fingerprint density at radius 2 is 1.95 bits per heavy atom. The van der Waals surface area contributed by atoms with E-state index < -0.39 is 0 Å². The lowest BCUT2D eigenvalue weighted by Gasteiger charge is -2.30. The summed E-state index contributed by atoms with van der Waals surface area (Å²) in [7, 11) is 0. The Hall–Kier alpha value is -1.16. The second kappa shape index (κ2) is 6.85. The highest BCUT2D eigenvalue weighted by atomic mass is 32.1. The Bertz CT molecular complexity index is 419. The first-order valence-corrected chi connectivity index (χ1v) is 7.35. The Balaban J connectivity index is 1.76. The summed E-state index contributed by atoms with van der Waals surface area (Å²) in [5.74, 6) is 0.472. The summed E-state index contributed by atoms with van der Waals surface area (Å²) in [6.07, 6.45) is 5.08. The van der Waals surface area contributed by atoms with E-state index in [0.717, 1.165) is 5.56 Å². The average molecular weight is 280 g/mol. The number of thiocarbonyl (C=S) groups is 1. The van der Waals surface area contributed by atoms with Crippen LogP contribution in [0.15, 0.2) is 24.3 Å². The fraction of sp³-hybridized carbons (Fsp3) is 0.533. The molecular formula is C15H21FN2S. The van der Waals surface area contributed by atoms with Gasteiger partial charge < -0.3 is 10.6 Å². The van der Waals surface area contributed by atoms with E-state index in [-0.39, 0.29) is 5.82 Å². The quantitative estimate of drug-likeness (QED) is 0.830. The zero-order valence-corrected chi connectivity index (χ0v) is 12.1. The number of hydrogen-bond donors (Lipinski definition) is 2. The van der Waals surface area contributed by atoms with Gasteiger partial charge in [-0.05, 0) is 48.7 Å². The molecule has 0 saturated heterocycles. The van der Waals surface area contributed by atoms with E-state index in [1.54, 1.807) is 12.1 Å². The predicted molar refractivity (Wildman–Crippen MR) is 80.4 cm³/mol. The SMILES string of the molecule is C[C@@H]1CCCC[C@H]1NC(=S)NCc1ccc(F)cc1. The van der Waals surface area contributed by atoms with Gasteiger partial charge in [0.15, 0.2) is 5.11 Å². The first kappa shape index (κ1) is 14.3. The summed E-state index contributed by atoms with van der Waals surface area (Å²) in [6, 6.07) is 6.97. The molecule has 1 aromatic rings. The number of benzene rings is 1. The van der Waals surface area contributed by atoms with Crippen molar-refractivity contribution in [3.05, 3.63) is 35.6 Å². The molecule has 2 rings (SSSR count). The first-order chi connectivity index (χ1) is 9.15. The van der Waals surface area contributed by atoms with Gasteiger partial charge >= 0.3 is 0 Å². The second-order valence-electron chi connectivity index (χ2n) is 5.32. The highest BCUT2D eigenvalue weighted by Gasteiger charge is 2.21. The lowest BCUT2D eigenvalue weighted by molar-refractivity contribution is 0.308. The topological polar surface area (TPSA) is 24.1 Å². The molecule has 2 N–H and O–H groups in total. The Labute approximate surface area is 119 Å². The molecule has 1 fully saturated rings. The summed E-state index contributed by atoms with van der Waals surface area (Å²) in [5.41, 5.74) is 1.03. The fourth-order valence-electron chi connectivity index (χ4n) is 2.53. The molecule has 0 unspecified atom stereocenters. The van der Waals surface area contributed by atoms with Crippen LogP contribution in [0.2, 0.25) is 0 Å². The molecule has 104 valence electrons. The third-order valence-electron chi connectivity index (χ3n) is 3.79. The van der Waals surface area contributed by atoms with E-state index in [1.165, 1.54) is 37.8 Å². The van der Waals surface area contributed by atoms with Gasteiger partial charge in [-0.2, -0.15) is 0 Å². The number of nitrogens with one attached hydrogen (secondary N) is 2. The molecule has 0 aromatic heterocycles. The molecule has 2 nitrogen and oxygen atoms in total. The van der Waals surface area contributed by atoms with Crippen LogP contribution in [0.25, 0.3) is 0 Å². The predicted octanol–water partition coefficient (Wildman–Crippen LogP) is 3.37. The number of halogens is 1. The zero-order chi connectivity index (χ0) is 13.7. The monoisotopic (exact) mass is 280 g/mol. The van der Waals surface area contributed by atoms with Crippen molar-refractivity contribution in [2.75, 3.05) is 0 Å². The van der Waals surface area contributed by atoms with E-state index in [9.17, 15) is 4.39 Å². The van der Waals surface area contributed by atoms with Gasteiger partial charge in [-0.3, -0.25) is 0 Å². The summed E-state index contributed by atoms with van der Waals surface area (Å²) >= 11 is 5.32. The number of rotatable bonds is 3. The van der Waals surface area contributed by atoms with Crippen molar-refractivity contribution >= 4 is 17.3 Å². The minimum atomic E-state index is -0.208. The Morgan fingerprint density at radius 1 is 1.26 bits per heavy atom. The second-order valence-corrected chi connectivity index (χ2v) is 5.73. The van der Waals surface area contributed by atoms with Crippen LogP contribution in [-0.2, 0) is 6.54 Å². The highest BCUT2D eigenvalue weighted by Crippen LogP contribution is 2.23. The van der Waals surface area contributed by atoms with Gasteiger partial charge in [-0.25, -0.2) is 4.39 Å². The minimum Gasteiger partial charge on any atom is -0.360 e. The van der Waals surface area contributed by atoms with Gasteiger partial charge in [0, 0.05) is 12.6 Å². The molecule has 0 heterocycles. The summed E-state index contributed by atoms with van der Waals surface area (Å²) in [6.45, 7) is 2.91. The molecule has 0 aliphatic heterocycles. The summed E-state index contributed by atoms with van der Waals surface area (Å²) < 4.78 is 12.8. The van der Waals surface area contributed by atoms with E-state index in [2.05, 4.69) is 17.6 Å². The van der Waals surface area contributed by atoms with Crippen molar-refractivity contribution in [3.63, 3.8) is 0 Å². The molecular weight excluding hydrogens is 259 g/mol. The van der Waals surface area contributed by atoms with Gasteiger partial charge in [0.2, 0.25) is 0 Å². The van der Waals surface area contributed by atoms with Gasteiger partial charge in [0.1, 0.15) is 5.82 Å². The van der Waals surface area contributed by atoms with Crippen LogP contribution >= 0.6 is 12.2 Å². The fourth-order valence-corrected chi connectivity index (χ4v) is 2.76. The molecule has 0 radical (unpaired) electrons. The molecule has 0 amide bonds. The van der Waals surface area contributed by atoms with Crippen LogP contribution < -0.4 is 10.6 Å². The Kier molecular flexibility index (Phi) is 5.14. The lowest BCUT2D eigenvalue weighted by atomic mass is 9.86. The Morgan fingerprint density at radius 3 is 2.63 bits per heavy atom. The van der Waals surface area contributed by atoms with Crippen LogP contribution in [0.4, 0.5) is 4.39 Å². The van der Waals surface area contributed by atoms with Crippen LogP contribution in [-0.4, -0.2) is 11.2 Å². The molecule has 0 bridgehead atoms. The maximum absolute atomic E-state index is 12.8. The first-order valence-electron chi connectivity index (χ1n) is 6.94. The van der Waals surface area contributed by atoms with Crippen molar-refractivity contribution in [3.8, 4) is 0 Å². The molecule has 1 aromatic carbocycles. The average Bonchev–Trinajstić information content (AvgIpc) is 2.41. The van der Waals surface area contributed by atoms with Crippen molar-refractivity contribution < 1.29 is 4.39 Å². The smallest absolute Gasteiger partial charge is 0.166 e. The van der Waals surface area contributed by atoms with Crippen LogP contribution in [0.1, 0.15) is 38.2 Å². The molecule has 1 aliphatic rings. The van der Waals surface area contributed by atoms with E-state index in [4.69, 9.17) is 12.2 Å². The van der Waals surface area contributed by atoms with Crippen LogP contribution in [0.3, 0.4) is 0 Å². The lowest BCUT2D eigenvalue weighted by Crippen LogP contribution is -2.45. The third-order valence-corrected chi connectivity index (χ3v) is 4.06. The maximum Gasteiger partial charge on any atom is 0.166 e. The van der Waals surface area contributed by atoms with Crippen molar-refractivity contribution in [2.24, 2.45) is 5.92 Å². The minimum absolute atomic E-state index is 0.208. The largest absolute Gasteiger partial charge is 0.360 e. The summed E-state index contributed by atoms with van der Waals surface area (Å²) in [4.78, 5) is 0. The molecule has 19 heavy (non-hydrogen) atoms. The number of hydrogen-bond acceptors (Lipinski definition) is 1. The van der Waals surface area contributed by atoms with Crippen molar-refractivity contribution in [2.45, 2.75) is 45.2 Å². The van der Waals surface area contributed by atoms with Crippen LogP contribution in [0.5, 0.6) is 0 Å². The zero-order valence-electron chi connectivity index (χ0n) is 11.3. The highest BCUT2D eigenvalue weighted by molar-refractivity contribution is 7.80. The standard InChI is InChI=1S/C15H21FN2S/c1-11-4-2-3-5-14(11)18-15(19)17-10-12-6-8-13(16)9-7-12/h6-9,11,14H,2-5,10H2,1H3,(H2,17,18,19)/t11-,14-/m1/s1. The van der Waals surface area contributed by atoms with Gasteiger partial charge in [-0.15, -0.1) is 0 Å². The summed E-state index contributed by atoms with van der Waals surface area (Å²) in [5, 5.41) is 7.28. The van der Waals surface area contributed by atoms with E-state index in [1.807, 2.05) is 0 Å². The van der Waals surface area contributed by atoms with E-state index in [0.29, 0.717) is 23.6 Å². The normalized spacial score (nSPS) is 22.8. The maximum atomic E-state index is 12.8. The van der Waals surface area contributed by atoms with Gasteiger partial charge in [-0.1, -0.05) is 31.9 Å². The van der Waals surface area contributed by atoms with Crippen molar-refractivity contribution in [1.82, 2.24) is 10.6 Å². The molecule has 2 atom stereocenters. The van der Waals surface area contributed by atoms with Crippen LogP contribution in [0, 0.1) is 11.7 Å². The molecule has 1 saturated carbocycles. The third kappa shape index (κ3) is 4.46. The van der Waals surface area contributed by atoms with E-state index >= 15 is 0 Å². The molecule has 0 spiro atoms. The van der Waals surface area contributed by atoms with Gasteiger partial charge in [0.25, 0.3) is 0 Å². The molecule has 1 aliphatic carbocycles. The van der Waals surface area contributed by atoms with Gasteiger partial charge in [0.05, 0.1) is 0 Å².